The third-order valence-electron chi connectivity index (χ3n) is 5.31. The molecule has 0 spiro atoms. The largest absolute Gasteiger partial charge is 0.524 e. The predicted octanol–water partition coefficient (Wildman–Crippen LogP) is 1.83. The van der Waals surface area contributed by atoms with Gasteiger partial charge in [-0.3, -0.25) is 24.2 Å². The molecule has 1 aromatic carbocycles. The molecule has 204 valence electrons. The average molecular weight is 540 g/mol. The molecule has 14 heteroatoms. The molecule has 0 radical (unpaired) electrons. The number of nitrogens with zero attached hydrogens (tertiary/aromatic N) is 2. The molecule has 13 nitrogen and oxygen atoms in total. The molecule has 0 fully saturated rings. The number of primary amides is 1. The van der Waals surface area contributed by atoms with E-state index in [2.05, 4.69) is 32.2 Å². The van der Waals surface area contributed by atoms with E-state index in [0.717, 1.165) is 25.7 Å². The number of benzene rings is 1. The van der Waals surface area contributed by atoms with Gasteiger partial charge in [0.2, 0.25) is 23.6 Å². The SMILES string of the molecule is CCCCCCc1noc([C@H](CCC(N)=O)NC(=O)[C@H](Cc2ccc(OP(=O)(O)O)cc2)NC(C)=O)n1. The van der Waals surface area contributed by atoms with E-state index in [9.17, 15) is 18.9 Å². The van der Waals surface area contributed by atoms with Gasteiger partial charge in [-0.25, -0.2) is 4.57 Å². The van der Waals surface area contributed by atoms with E-state index in [-0.39, 0.29) is 30.9 Å². The van der Waals surface area contributed by atoms with Crippen LogP contribution in [0.25, 0.3) is 0 Å². The summed E-state index contributed by atoms with van der Waals surface area (Å²) in [5.74, 6) is -0.966. The van der Waals surface area contributed by atoms with E-state index in [1.807, 2.05) is 0 Å². The van der Waals surface area contributed by atoms with Crippen LogP contribution < -0.4 is 20.9 Å². The molecule has 6 N–H and O–H groups in total. The van der Waals surface area contributed by atoms with Crippen molar-refractivity contribution >= 4 is 25.5 Å². The topological polar surface area (TPSA) is 207 Å². The minimum Gasteiger partial charge on any atom is -0.404 e. The molecule has 0 aliphatic carbocycles. The van der Waals surface area contributed by atoms with Crippen LogP contribution in [0.4, 0.5) is 0 Å². The lowest BCUT2D eigenvalue weighted by Gasteiger charge is -2.21. The Hall–Kier alpha value is -3.28. The minimum absolute atomic E-state index is 0.0367. The van der Waals surface area contributed by atoms with Gasteiger partial charge in [-0.15, -0.1) is 0 Å². The number of nitrogens with two attached hydrogens (primary N) is 1. The van der Waals surface area contributed by atoms with E-state index in [1.165, 1.54) is 31.2 Å². The Morgan fingerprint density at radius 2 is 1.84 bits per heavy atom. The molecule has 0 saturated heterocycles. The van der Waals surface area contributed by atoms with Crippen LogP contribution in [0, 0.1) is 0 Å². The van der Waals surface area contributed by atoms with Crippen LogP contribution in [-0.4, -0.2) is 43.7 Å². The summed E-state index contributed by atoms with van der Waals surface area (Å²) in [6, 6.07) is 3.91. The number of aromatic nitrogens is 2. The molecular formula is C23H34N5O8P. The fourth-order valence-electron chi connectivity index (χ4n) is 3.55. The van der Waals surface area contributed by atoms with Gasteiger partial charge in [-0.2, -0.15) is 4.98 Å². The van der Waals surface area contributed by atoms with Gasteiger partial charge in [0.25, 0.3) is 0 Å². The number of unbranched alkanes of at least 4 members (excludes halogenated alkanes) is 3. The Bertz CT molecular complexity index is 1090. The summed E-state index contributed by atoms with van der Waals surface area (Å²) in [5.41, 5.74) is 5.88. The van der Waals surface area contributed by atoms with Crippen LogP contribution >= 0.6 is 7.82 Å². The second-order valence-corrected chi connectivity index (χ2v) is 9.77. The van der Waals surface area contributed by atoms with Gasteiger partial charge >= 0.3 is 7.82 Å². The van der Waals surface area contributed by atoms with Crippen molar-refractivity contribution in [3.63, 3.8) is 0 Å². The average Bonchev–Trinajstić information content (AvgIpc) is 3.27. The van der Waals surface area contributed by atoms with Crippen LogP contribution in [0.3, 0.4) is 0 Å². The Labute approximate surface area is 214 Å². The molecule has 2 rings (SSSR count). The Balaban J connectivity index is 2.14. The minimum atomic E-state index is -4.71. The standard InChI is InChI=1S/C23H34N5O8P/c1-3-4-5-6-7-21-27-23(35-28-21)18(12-13-20(24)30)26-22(31)19(25-15(2)29)14-16-8-10-17(11-9-16)36-37(32,33)34/h8-11,18-19H,3-7,12-14H2,1-2H3,(H2,24,30)(H,25,29)(H,26,31)(H2,32,33,34)/t18-,19-/m0/s1. The number of carbonyl (C=O) groups is 3. The number of hydrogen-bond donors (Lipinski definition) is 5. The lowest BCUT2D eigenvalue weighted by atomic mass is 10.0. The number of carbonyl (C=O) groups excluding carboxylic acids is 3. The van der Waals surface area contributed by atoms with Gasteiger partial charge < -0.3 is 25.4 Å². The second kappa shape index (κ2) is 14.5. The summed E-state index contributed by atoms with van der Waals surface area (Å²) in [4.78, 5) is 58.5. The molecule has 0 saturated carbocycles. The molecule has 2 atom stereocenters. The first kappa shape index (κ1) is 29.9. The highest BCUT2D eigenvalue weighted by Crippen LogP contribution is 2.37. The molecule has 0 unspecified atom stereocenters. The smallest absolute Gasteiger partial charge is 0.404 e. The zero-order chi connectivity index (χ0) is 27.4. The quantitative estimate of drug-likeness (QED) is 0.154. The first-order valence-corrected chi connectivity index (χ1v) is 13.5. The molecule has 3 amide bonds. The molecule has 1 aromatic heterocycles. The normalized spacial score (nSPS) is 13.0. The molecule has 1 heterocycles. The summed E-state index contributed by atoms with van der Waals surface area (Å²) in [7, 11) is -4.71. The lowest BCUT2D eigenvalue weighted by Crippen LogP contribution is -2.48. The third kappa shape index (κ3) is 11.5. The van der Waals surface area contributed by atoms with Gasteiger partial charge in [0, 0.05) is 26.2 Å². The number of rotatable bonds is 16. The van der Waals surface area contributed by atoms with Crippen molar-refractivity contribution in [3.8, 4) is 5.75 Å². The van der Waals surface area contributed by atoms with Gasteiger partial charge in [0.15, 0.2) is 5.82 Å². The van der Waals surface area contributed by atoms with E-state index in [0.29, 0.717) is 17.8 Å². The van der Waals surface area contributed by atoms with Crippen molar-refractivity contribution in [1.82, 2.24) is 20.8 Å². The third-order valence-corrected chi connectivity index (χ3v) is 5.76. The molecule has 0 aliphatic heterocycles. The van der Waals surface area contributed by atoms with Gasteiger partial charge in [0.1, 0.15) is 17.8 Å². The number of amides is 3. The van der Waals surface area contributed by atoms with E-state index in [1.54, 1.807) is 0 Å². The highest BCUT2D eigenvalue weighted by Gasteiger charge is 2.27. The summed E-state index contributed by atoms with van der Waals surface area (Å²) in [6.07, 6.45) is 4.91. The van der Waals surface area contributed by atoms with E-state index >= 15 is 0 Å². The van der Waals surface area contributed by atoms with Crippen LogP contribution in [0.1, 0.15) is 75.7 Å². The number of nitrogens with one attached hydrogen (secondary N) is 2. The van der Waals surface area contributed by atoms with Crippen LogP contribution in [0.2, 0.25) is 0 Å². The van der Waals surface area contributed by atoms with Crippen molar-refractivity contribution in [3.05, 3.63) is 41.5 Å². The first-order valence-electron chi connectivity index (χ1n) is 12.0. The van der Waals surface area contributed by atoms with Gasteiger partial charge in [-0.1, -0.05) is 43.5 Å². The maximum atomic E-state index is 13.2. The monoisotopic (exact) mass is 539 g/mol. The number of aryl methyl sites for hydroxylation is 1. The molecule has 0 aliphatic rings. The fourth-order valence-corrected chi connectivity index (χ4v) is 3.95. The predicted molar refractivity (Wildman–Crippen MR) is 132 cm³/mol. The van der Waals surface area contributed by atoms with Crippen molar-refractivity contribution in [2.75, 3.05) is 0 Å². The zero-order valence-corrected chi connectivity index (χ0v) is 21.8. The highest BCUT2D eigenvalue weighted by atomic mass is 31.2. The van der Waals surface area contributed by atoms with Crippen molar-refractivity contribution < 1.29 is 37.8 Å². The fraction of sp³-hybridized carbons (Fsp3) is 0.522. The van der Waals surface area contributed by atoms with Gasteiger partial charge in [0.05, 0.1) is 0 Å². The lowest BCUT2D eigenvalue weighted by molar-refractivity contribution is -0.128. The molecule has 0 bridgehead atoms. The number of phosphoric acid groups is 1. The summed E-state index contributed by atoms with van der Waals surface area (Å²) in [5, 5.41) is 9.32. The second-order valence-electron chi connectivity index (χ2n) is 8.61. The molecule has 2 aromatic rings. The van der Waals surface area contributed by atoms with Gasteiger partial charge in [-0.05, 0) is 30.5 Å². The van der Waals surface area contributed by atoms with E-state index < -0.39 is 37.6 Å². The van der Waals surface area contributed by atoms with Crippen molar-refractivity contribution in [2.45, 2.75) is 77.3 Å². The Morgan fingerprint density at radius 3 is 2.43 bits per heavy atom. The van der Waals surface area contributed by atoms with Crippen LogP contribution in [0.15, 0.2) is 28.8 Å². The zero-order valence-electron chi connectivity index (χ0n) is 20.9. The Morgan fingerprint density at radius 1 is 1.14 bits per heavy atom. The summed E-state index contributed by atoms with van der Waals surface area (Å²) < 4.78 is 20.9. The van der Waals surface area contributed by atoms with Crippen molar-refractivity contribution in [1.29, 1.82) is 0 Å². The molecule has 37 heavy (non-hydrogen) atoms. The number of hydrogen-bond acceptors (Lipinski definition) is 8. The highest BCUT2D eigenvalue weighted by molar-refractivity contribution is 7.46. The number of phosphoric ester groups is 1. The van der Waals surface area contributed by atoms with Crippen molar-refractivity contribution in [2.24, 2.45) is 5.73 Å². The maximum Gasteiger partial charge on any atom is 0.524 e. The van der Waals surface area contributed by atoms with Crippen LogP contribution in [-0.2, 0) is 31.8 Å². The maximum absolute atomic E-state index is 13.2. The van der Waals surface area contributed by atoms with Crippen LogP contribution in [0.5, 0.6) is 5.75 Å². The first-order chi connectivity index (χ1) is 17.5. The summed E-state index contributed by atoms with van der Waals surface area (Å²) in [6.45, 7) is 3.38. The summed E-state index contributed by atoms with van der Waals surface area (Å²) >= 11 is 0. The molecular weight excluding hydrogens is 505 g/mol. The Kier molecular flexibility index (Phi) is 11.7. The van der Waals surface area contributed by atoms with E-state index in [4.69, 9.17) is 20.0 Å².